The summed E-state index contributed by atoms with van der Waals surface area (Å²) in [5.41, 5.74) is 2.22. The van der Waals surface area contributed by atoms with Crippen LogP contribution in [0.4, 0.5) is 16.2 Å². The molecule has 0 aromatic heterocycles. The molecule has 3 aromatic carbocycles. The highest BCUT2D eigenvalue weighted by molar-refractivity contribution is 9.10. The molecule has 1 unspecified atom stereocenters. The molecule has 0 aliphatic heterocycles. The van der Waals surface area contributed by atoms with E-state index in [-0.39, 0.29) is 6.54 Å². The summed E-state index contributed by atoms with van der Waals surface area (Å²) in [5, 5.41) is 8.11. The number of benzene rings is 3. The largest absolute Gasteiger partial charge is 0.496 e. The Hall–Kier alpha value is -3.26. The minimum Gasteiger partial charge on any atom is -0.496 e. The standard InChI is InChI=1S/C27H32BrN3O4/c1-27(2,3)35-26(33)30-18(17-32)15-29-23-11-6-7-12-24(23)31(4)16-21-19-9-8-10-22(28)20(19)13-14-25(21)34-5/h6-14,17-18,29H,15-16H2,1-5H3,(H,30,33). The number of carbonyl (C=O) groups is 2. The van der Waals surface area contributed by atoms with Gasteiger partial charge in [0, 0.05) is 30.2 Å². The van der Waals surface area contributed by atoms with E-state index in [1.54, 1.807) is 27.9 Å². The molecule has 3 rings (SSSR count). The Morgan fingerprint density at radius 2 is 1.83 bits per heavy atom. The van der Waals surface area contributed by atoms with Gasteiger partial charge in [0.05, 0.1) is 18.5 Å². The lowest BCUT2D eigenvalue weighted by Crippen LogP contribution is -2.43. The summed E-state index contributed by atoms with van der Waals surface area (Å²) in [4.78, 5) is 25.8. The minimum absolute atomic E-state index is 0.220. The van der Waals surface area contributed by atoms with Crippen LogP contribution in [0.1, 0.15) is 26.3 Å². The number of rotatable bonds is 9. The summed E-state index contributed by atoms with van der Waals surface area (Å²) >= 11 is 3.64. The van der Waals surface area contributed by atoms with E-state index >= 15 is 0 Å². The number of halogens is 1. The second-order valence-corrected chi connectivity index (χ2v) is 10.1. The van der Waals surface area contributed by atoms with E-state index in [0.29, 0.717) is 12.8 Å². The van der Waals surface area contributed by atoms with E-state index in [1.807, 2.05) is 49.5 Å². The molecular weight excluding hydrogens is 510 g/mol. The van der Waals surface area contributed by atoms with Crippen LogP contribution in [0.25, 0.3) is 10.8 Å². The first-order valence-electron chi connectivity index (χ1n) is 11.4. The van der Waals surface area contributed by atoms with Crippen LogP contribution < -0.4 is 20.3 Å². The highest BCUT2D eigenvalue weighted by atomic mass is 79.9. The fourth-order valence-corrected chi connectivity index (χ4v) is 4.30. The fourth-order valence-electron chi connectivity index (χ4n) is 3.81. The maximum Gasteiger partial charge on any atom is 0.408 e. The molecule has 0 saturated heterocycles. The number of hydrogen-bond donors (Lipinski definition) is 2. The quantitative estimate of drug-likeness (QED) is 0.335. The number of anilines is 2. The number of fused-ring (bicyclic) bond motifs is 1. The first kappa shape index (κ1) is 26.3. The molecule has 0 saturated carbocycles. The molecule has 8 heteroatoms. The third-order valence-corrected chi connectivity index (χ3v) is 6.08. The second-order valence-electron chi connectivity index (χ2n) is 9.22. The van der Waals surface area contributed by atoms with Crippen molar-refractivity contribution in [1.29, 1.82) is 0 Å². The summed E-state index contributed by atoms with van der Waals surface area (Å²) in [6.45, 7) is 6.14. The van der Waals surface area contributed by atoms with Crippen LogP contribution in [0.15, 0.2) is 59.1 Å². The van der Waals surface area contributed by atoms with Gasteiger partial charge in [-0.1, -0.05) is 40.2 Å². The van der Waals surface area contributed by atoms with E-state index in [4.69, 9.17) is 9.47 Å². The zero-order valence-electron chi connectivity index (χ0n) is 20.7. The van der Waals surface area contributed by atoms with Gasteiger partial charge < -0.3 is 29.8 Å². The van der Waals surface area contributed by atoms with E-state index < -0.39 is 17.7 Å². The second kappa shape index (κ2) is 11.4. The van der Waals surface area contributed by atoms with Gasteiger partial charge in [-0.15, -0.1) is 0 Å². The molecule has 0 bridgehead atoms. The normalized spacial score (nSPS) is 12.1. The zero-order chi connectivity index (χ0) is 25.6. The number of nitrogens with zero attached hydrogens (tertiary/aromatic N) is 1. The number of methoxy groups -OCH3 is 1. The molecule has 3 aromatic rings. The molecule has 0 aliphatic carbocycles. The van der Waals surface area contributed by atoms with Crippen molar-refractivity contribution in [1.82, 2.24) is 5.32 Å². The van der Waals surface area contributed by atoms with Crippen LogP contribution in [0.3, 0.4) is 0 Å². The van der Waals surface area contributed by atoms with Crippen molar-refractivity contribution in [2.45, 2.75) is 39.0 Å². The van der Waals surface area contributed by atoms with Crippen molar-refractivity contribution in [3.63, 3.8) is 0 Å². The topological polar surface area (TPSA) is 79.9 Å². The summed E-state index contributed by atoms with van der Waals surface area (Å²) in [6, 6.07) is 17.3. The van der Waals surface area contributed by atoms with Gasteiger partial charge in [-0.05, 0) is 61.9 Å². The lowest BCUT2D eigenvalue weighted by Gasteiger charge is -2.26. The smallest absolute Gasteiger partial charge is 0.408 e. The summed E-state index contributed by atoms with van der Waals surface area (Å²) in [7, 11) is 3.68. The Balaban J connectivity index is 1.79. The molecule has 0 heterocycles. The van der Waals surface area contributed by atoms with Crippen LogP contribution in [-0.2, 0) is 16.1 Å². The van der Waals surface area contributed by atoms with Gasteiger partial charge in [-0.3, -0.25) is 0 Å². The van der Waals surface area contributed by atoms with Crippen molar-refractivity contribution in [3.05, 3.63) is 64.6 Å². The average molecular weight is 542 g/mol. The zero-order valence-corrected chi connectivity index (χ0v) is 22.3. The molecule has 2 N–H and O–H groups in total. The van der Waals surface area contributed by atoms with Crippen LogP contribution in [-0.4, -0.2) is 44.7 Å². The summed E-state index contributed by atoms with van der Waals surface area (Å²) in [6.07, 6.45) is 0.0678. The SMILES string of the molecule is COc1ccc2c(Br)cccc2c1CN(C)c1ccccc1NCC(C=O)NC(=O)OC(C)(C)C. The van der Waals surface area contributed by atoms with Gasteiger partial charge in [-0.2, -0.15) is 0 Å². The lowest BCUT2D eigenvalue weighted by molar-refractivity contribution is -0.109. The van der Waals surface area contributed by atoms with Crippen LogP contribution >= 0.6 is 15.9 Å². The monoisotopic (exact) mass is 541 g/mol. The third-order valence-electron chi connectivity index (χ3n) is 5.39. The molecule has 0 fully saturated rings. The molecule has 7 nitrogen and oxygen atoms in total. The van der Waals surface area contributed by atoms with Crippen molar-refractivity contribution in [2.75, 3.05) is 30.9 Å². The highest BCUT2D eigenvalue weighted by Crippen LogP contribution is 2.35. The van der Waals surface area contributed by atoms with E-state index in [0.717, 1.165) is 37.9 Å². The van der Waals surface area contributed by atoms with Crippen molar-refractivity contribution >= 4 is 50.5 Å². The maximum absolute atomic E-state index is 12.1. The number of aldehydes is 1. The lowest BCUT2D eigenvalue weighted by atomic mass is 10.0. The number of nitrogens with one attached hydrogen (secondary N) is 2. The highest BCUT2D eigenvalue weighted by Gasteiger charge is 2.20. The number of para-hydroxylation sites is 2. The van der Waals surface area contributed by atoms with Crippen LogP contribution in [0.2, 0.25) is 0 Å². The average Bonchev–Trinajstić information content (AvgIpc) is 2.81. The maximum atomic E-state index is 12.1. The molecule has 1 amide bonds. The van der Waals surface area contributed by atoms with Gasteiger partial charge in [0.15, 0.2) is 0 Å². The first-order valence-corrected chi connectivity index (χ1v) is 12.1. The predicted octanol–water partition coefficient (Wildman–Crippen LogP) is 5.75. The predicted molar refractivity (Wildman–Crippen MR) is 144 cm³/mol. The Kier molecular flexibility index (Phi) is 8.62. The molecular formula is C27H32BrN3O4. The van der Waals surface area contributed by atoms with Crippen LogP contribution in [0.5, 0.6) is 5.75 Å². The number of amides is 1. The van der Waals surface area contributed by atoms with Gasteiger partial charge in [0.1, 0.15) is 23.7 Å². The van der Waals surface area contributed by atoms with Crippen LogP contribution in [0, 0.1) is 0 Å². The Morgan fingerprint density at radius 1 is 1.09 bits per heavy atom. The molecule has 35 heavy (non-hydrogen) atoms. The van der Waals surface area contributed by atoms with E-state index in [9.17, 15) is 9.59 Å². The minimum atomic E-state index is -0.737. The van der Waals surface area contributed by atoms with E-state index in [2.05, 4.69) is 43.6 Å². The number of alkyl carbamates (subject to hydrolysis) is 1. The van der Waals surface area contributed by atoms with Gasteiger partial charge in [0.2, 0.25) is 0 Å². The third kappa shape index (κ3) is 6.88. The van der Waals surface area contributed by atoms with Gasteiger partial charge in [-0.25, -0.2) is 4.79 Å². The molecule has 0 spiro atoms. The summed E-state index contributed by atoms with van der Waals surface area (Å²) in [5.74, 6) is 0.815. The number of hydrogen-bond acceptors (Lipinski definition) is 6. The fraction of sp³-hybridized carbons (Fsp3) is 0.333. The first-order chi connectivity index (χ1) is 16.6. The van der Waals surface area contributed by atoms with Crippen molar-refractivity contribution in [3.8, 4) is 5.75 Å². The van der Waals surface area contributed by atoms with Crippen molar-refractivity contribution < 1.29 is 19.1 Å². The molecule has 0 radical (unpaired) electrons. The van der Waals surface area contributed by atoms with E-state index in [1.165, 1.54) is 0 Å². The Bertz CT molecular complexity index is 1190. The summed E-state index contributed by atoms with van der Waals surface area (Å²) < 4.78 is 12.0. The van der Waals surface area contributed by atoms with Gasteiger partial charge in [0.25, 0.3) is 0 Å². The molecule has 0 aliphatic rings. The number of ether oxygens (including phenoxy) is 2. The Morgan fingerprint density at radius 3 is 2.51 bits per heavy atom. The molecule has 186 valence electrons. The Labute approximate surface area is 214 Å². The molecule has 1 atom stereocenters. The van der Waals surface area contributed by atoms with Crippen molar-refractivity contribution in [2.24, 2.45) is 0 Å². The number of carbonyl (C=O) groups excluding carboxylic acids is 2. The van der Waals surface area contributed by atoms with Gasteiger partial charge >= 0.3 is 6.09 Å².